The zero-order valence-electron chi connectivity index (χ0n) is 13.5. The predicted molar refractivity (Wildman–Crippen MR) is 85.5 cm³/mol. The van der Waals surface area contributed by atoms with Crippen molar-refractivity contribution in [1.82, 2.24) is 20.4 Å². The molecule has 8 heteroatoms. The standard InChI is InChI=1S/C16H19FN4O3/c1-11-14(16(23)19-10-15(22)18-7-8-24-2)9-20-21(11)13-5-3-12(17)4-6-13/h3-6,9H,7-8,10H2,1-2H3,(H,18,22)(H,19,23). The normalized spacial score (nSPS) is 10.5. The van der Waals surface area contributed by atoms with E-state index in [9.17, 15) is 14.0 Å². The number of carbonyl (C=O) groups is 2. The molecule has 1 aromatic carbocycles. The molecule has 0 spiro atoms. The number of methoxy groups -OCH3 is 1. The summed E-state index contributed by atoms with van der Waals surface area (Å²) >= 11 is 0. The molecule has 0 saturated heterocycles. The summed E-state index contributed by atoms with van der Waals surface area (Å²) in [6, 6.07) is 5.78. The molecule has 0 atom stereocenters. The summed E-state index contributed by atoms with van der Waals surface area (Å²) in [5, 5.41) is 9.28. The molecule has 1 heterocycles. The Morgan fingerprint density at radius 2 is 1.96 bits per heavy atom. The number of nitrogens with zero attached hydrogens (tertiary/aromatic N) is 2. The fourth-order valence-electron chi connectivity index (χ4n) is 2.09. The summed E-state index contributed by atoms with van der Waals surface area (Å²) in [5.41, 5.74) is 1.59. The van der Waals surface area contributed by atoms with Crippen LogP contribution in [0.1, 0.15) is 16.1 Å². The quantitative estimate of drug-likeness (QED) is 0.734. The average molecular weight is 334 g/mol. The minimum atomic E-state index is -0.400. The van der Waals surface area contributed by atoms with Gasteiger partial charge in [0.1, 0.15) is 5.82 Å². The molecule has 0 radical (unpaired) electrons. The van der Waals surface area contributed by atoms with E-state index in [1.807, 2.05) is 0 Å². The van der Waals surface area contributed by atoms with Crippen molar-refractivity contribution >= 4 is 11.8 Å². The van der Waals surface area contributed by atoms with Crippen molar-refractivity contribution in [3.8, 4) is 5.69 Å². The van der Waals surface area contributed by atoms with E-state index < -0.39 is 5.91 Å². The van der Waals surface area contributed by atoms with Crippen LogP contribution in [0.4, 0.5) is 4.39 Å². The summed E-state index contributed by atoms with van der Waals surface area (Å²) in [7, 11) is 1.54. The number of ether oxygens (including phenoxy) is 1. The summed E-state index contributed by atoms with van der Waals surface area (Å²) in [4.78, 5) is 23.7. The largest absolute Gasteiger partial charge is 0.383 e. The Kier molecular flexibility index (Phi) is 6.02. The third-order valence-corrected chi connectivity index (χ3v) is 3.36. The van der Waals surface area contributed by atoms with Crippen molar-refractivity contribution in [2.45, 2.75) is 6.92 Å². The van der Waals surface area contributed by atoms with Crippen LogP contribution in [0.2, 0.25) is 0 Å². The number of carbonyl (C=O) groups excluding carboxylic acids is 2. The molecule has 0 aliphatic rings. The van der Waals surface area contributed by atoms with Crippen molar-refractivity contribution in [3.63, 3.8) is 0 Å². The van der Waals surface area contributed by atoms with Crippen LogP contribution in [0.5, 0.6) is 0 Å². The molecule has 0 unspecified atom stereocenters. The smallest absolute Gasteiger partial charge is 0.255 e. The number of amides is 2. The number of aromatic nitrogens is 2. The van der Waals surface area contributed by atoms with E-state index in [4.69, 9.17) is 4.74 Å². The van der Waals surface area contributed by atoms with Crippen LogP contribution >= 0.6 is 0 Å². The van der Waals surface area contributed by atoms with Gasteiger partial charge in [-0.3, -0.25) is 9.59 Å². The maximum absolute atomic E-state index is 13.0. The van der Waals surface area contributed by atoms with Gasteiger partial charge in [-0.1, -0.05) is 0 Å². The van der Waals surface area contributed by atoms with E-state index in [0.29, 0.717) is 30.1 Å². The molecule has 2 N–H and O–H groups in total. The minimum Gasteiger partial charge on any atom is -0.383 e. The van der Waals surface area contributed by atoms with Crippen molar-refractivity contribution in [2.24, 2.45) is 0 Å². The molecular weight excluding hydrogens is 315 g/mol. The first-order chi connectivity index (χ1) is 11.5. The van der Waals surface area contributed by atoms with Gasteiger partial charge in [0.25, 0.3) is 5.91 Å². The zero-order valence-corrected chi connectivity index (χ0v) is 13.5. The third-order valence-electron chi connectivity index (χ3n) is 3.36. The molecule has 0 saturated carbocycles. The van der Waals surface area contributed by atoms with Gasteiger partial charge < -0.3 is 15.4 Å². The minimum absolute atomic E-state index is 0.135. The third kappa shape index (κ3) is 4.39. The van der Waals surface area contributed by atoms with Gasteiger partial charge in [0.15, 0.2) is 0 Å². The van der Waals surface area contributed by atoms with Crippen LogP contribution in [0.15, 0.2) is 30.5 Å². The molecule has 128 valence electrons. The fourth-order valence-corrected chi connectivity index (χ4v) is 2.09. The molecule has 2 rings (SSSR count). The van der Waals surface area contributed by atoms with E-state index in [1.165, 1.54) is 30.1 Å². The summed E-state index contributed by atoms with van der Waals surface area (Å²) in [6.07, 6.45) is 1.41. The molecule has 2 aromatic rings. The Morgan fingerprint density at radius 1 is 1.25 bits per heavy atom. The number of hydrogen-bond donors (Lipinski definition) is 2. The molecule has 7 nitrogen and oxygen atoms in total. The second-order valence-electron chi connectivity index (χ2n) is 5.06. The van der Waals surface area contributed by atoms with Gasteiger partial charge in [0.2, 0.25) is 5.91 Å². The average Bonchev–Trinajstić information content (AvgIpc) is 2.95. The van der Waals surface area contributed by atoms with Crippen molar-refractivity contribution in [2.75, 3.05) is 26.8 Å². The molecule has 0 bridgehead atoms. The number of halogens is 1. The molecule has 0 fully saturated rings. The van der Waals surface area contributed by atoms with Crippen LogP contribution in [0.25, 0.3) is 5.69 Å². The van der Waals surface area contributed by atoms with Crippen LogP contribution in [-0.4, -0.2) is 48.4 Å². The molecule has 24 heavy (non-hydrogen) atoms. The lowest BCUT2D eigenvalue weighted by Gasteiger charge is -2.07. The monoisotopic (exact) mass is 334 g/mol. The van der Waals surface area contributed by atoms with Gasteiger partial charge in [-0.05, 0) is 31.2 Å². The number of nitrogens with one attached hydrogen (secondary N) is 2. The molecule has 0 aliphatic heterocycles. The summed E-state index contributed by atoms with van der Waals surface area (Å²) in [6.45, 7) is 2.38. The lowest BCUT2D eigenvalue weighted by Crippen LogP contribution is -2.38. The fraction of sp³-hybridized carbons (Fsp3) is 0.312. The highest BCUT2D eigenvalue weighted by Crippen LogP contribution is 2.14. The SMILES string of the molecule is COCCNC(=O)CNC(=O)c1cnn(-c2ccc(F)cc2)c1C. The second-order valence-corrected chi connectivity index (χ2v) is 5.06. The van der Waals surface area contributed by atoms with Gasteiger partial charge >= 0.3 is 0 Å². The highest BCUT2D eigenvalue weighted by Gasteiger charge is 2.15. The highest BCUT2D eigenvalue weighted by molar-refractivity contribution is 5.97. The number of benzene rings is 1. The van der Waals surface area contributed by atoms with E-state index in [-0.39, 0.29) is 18.3 Å². The lowest BCUT2D eigenvalue weighted by molar-refractivity contribution is -0.120. The van der Waals surface area contributed by atoms with Crippen molar-refractivity contribution in [3.05, 3.63) is 47.5 Å². The Hall–Kier alpha value is -2.74. The highest BCUT2D eigenvalue weighted by atomic mass is 19.1. The van der Waals surface area contributed by atoms with Crippen molar-refractivity contribution < 1.29 is 18.7 Å². The van der Waals surface area contributed by atoms with Crippen molar-refractivity contribution in [1.29, 1.82) is 0 Å². The first-order valence-corrected chi connectivity index (χ1v) is 7.37. The number of hydrogen-bond acceptors (Lipinski definition) is 4. The van der Waals surface area contributed by atoms with Gasteiger partial charge in [-0.15, -0.1) is 0 Å². The van der Waals surface area contributed by atoms with Gasteiger partial charge in [-0.2, -0.15) is 5.10 Å². The van der Waals surface area contributed by atoms with Crippen LogP contribution in [-0.2, 0) is 9.53 Å². The molecule has 1 aromatic heterocycles. The Bertz CT molecular complexity index is 713. The molecular formula is C16H19FN4O3. The van der Waals surface area contributed by atoms with Gasteiger partial charge in [0, 0.05) is 13.7 Å². The maximum Gasteiger partial charge on any atom is 0.255 e. The summed E-state index contributed by atoms with van der Waals surface area (Å²) < 4.78 is 19.3. The first kappa shape index (κ1) is 17.6. The Morgan fingerprint density at radius 3 is 2.62 bits per heavy atom. The first-order valence-electron chi connectivity index (χ1n) is 7.37. The maximum atomic E-state index is 13.0. The molecule has 2 amide bonds. The second kappa shape index (κ2) is 8.21. The van der Waals surface area contributed by atoms with Crippen LogP contribution in [0.3, 0.4) is 0 Å². The predicted octanol–water partition coefficient (Wildman–Crippen LogP) is 0.812. The summed E-state index contributed by atoms with van der Waals surface area (Å²) in [5.74, 6) is -1.05. The van der Waals surface area contributed by atoms with Crippen LogP contribution < -0.4 is 10.6 Å². The van der Waals surface area contributed by atoms with E-state index in [0.717, 1.165) is 0 Å². The van der Waals surface area contributed by atoms with E-state index in [1.54, 1.807) is 19.1 Å². The molecule has 0 aliphatic carbocycles. The topological polar surface area (TPSA) is 85.2 Å². The van der Waals surface area contributed by atoms with E-state index >= 15 is 0 Å². The van der Waals surface area contributed by atoms with Crippen LogP contribution in [0, 0.1) is 12.7 Å². The van der Waals surface area contributed by atoms with E-state index in [2.05, 4.69) is 15.7 Å². The Labute approximate surface area is 138 Å². The van der Waals surface area contributed by atoms with Gasteiger partial charge in [-0.25, -0.2) is 9.07 Å². The lowest BCUT2D eigenvalue weighted by atomic mass is 10.2. The Balaban J connectivity index is 1.98. The number of rotatable bonds is 7. The zero-order chi connectivity index (χ0) is 17.5. The van der Waals surface area contributed by atoms with Gasteiger partial charge in [0.05, 0.1) is 36.3 Å².